The maximum atomic E-state index is 11.1. The highest BCUT2D eigenvalue weighted by atomic mass is 127. The van der Waals surface area contributed by atoms with Gasteiger partial charge in [-0.2, -0.15) is 0 Å². The number of carbonyl (C=O) groups is 1. The number of amides is 1. The summed E-state index contributed by atoms with van der Waals surface area (Å²) in [5.41, 5.74) is -0.0960. The molecule has 52 valence electrons. The number of halogens is 1. The minimum Gasteiger partial charge on any atom is -0.285 e. The lowest BCUT2D eigenvalue weighted by Gasteiger charge is -2.13. The molecule has 0 aromatic rings. The maximum absolute atomic E-state index is 11.1. The third-order valence-electron chi connectivity index (χ3n) is 1.73. The molecule has 1 fully saturated rings. The molecule has 1 aliphatic heterocycles. The highest BCUT2D eigenvalue weighted by Gasteiger charge is 2.37. The molecule has 2 nitrogen and oxygen atoms in total. The van der Waals surface area contributed by atoms with Crippen LogP contribution >= 0.6 is 22.9 Å². The van der Waals surface area contributed by atoms with Gasteiger partial charge >= 0.3 is 0 Å². The number of rotatable bonds is 0. The molecule has 0 atom stereocenters. The van der Waals surface area contributed by atoms with E-state index in [0.717, 1.165) is 13.0 Å². The smallest absolute Gasteiger partial charge is 0.236 e. The van der Waals surface area contributed by atoms with E-state index >= 15 is 0 Å². The van der Waals surface area contributed by atoms with E-state index in [2.05, 4.69) is 22.9 Å². The molecule has 0 spiro atoms. The highest BCUT2D eigenvalue weighted by Crippen LogP contribution is 2.32. The lowest BCUT2D eigenvalue weighted by molar-refractivity contribution is -0.129. The summed E-state index contributed by atoms with van der Waals surface area (Å²) in [7, 11) is 0. The lowest BCUT2D eigenvalue weighted by Crippen LogP contribution is -2.23. The SMILES string of the molecule is CC1(C)CCN(I)C1=O. The monoisotopic (exact) mass is 239 g/mol. The van der Waals surface area contributed by atoms with Gasteiger partial charge in [0, 0.05) is 12.0 Å². The Balaban J connectivity index is 2.74. The van der Waals surface area contributed by atoms with Gasteiger partial charge in [-0.1, -0.05) is 13.8 Å². The number of hydrogen-bond donors (Lipinski definition) is 0. The largest absolute Gasteiger partial charge is 0.285 e. The van der Waals surface area contributed by atoms with Gasteiger partial charge in [0.15, 0.2) is 0 Å². The quantitative estimate of drug-likeness (QED) is 0.464. The van der Waals surface area contributed by atoms with Crippen molar-refractivity contribution in [2.75, 3.05) is 6.54 Å². The van der Waals surface area contributed by atoms with E-state index in [1.54, 1.807) is 3.11 Å². The average Bonchev–Trinajstić information content (AvgIpc) is 1.97. The molecule has 1 heterocycles. The first kappa shape index (κ1) is 7.31. The fourth-order valence-corrected chi connectivity index (χ4v) is 1.81. The van der Waals surface area contributed by atoms with E-state index in [0.29, 0.717) is 0 Å². The second kappa shape index (κ2) is 2.11. The molecular formula is C6H10INO. The van der Waals surface area contributed by atoms with Gasteiger partial charge in [0.05, 0.1) is 22.9 Å². The molecule has 9 heavy (non-hydrogen) atoms. The molecule has 0 unspecified atom stereocenters. The molecule has 0 aromatic carbocycles. The molecule has 0 radical (unpaired) electrons. The standard InChI is InChI=1S/C6H10INO/c1-6(2)3-4-8(7)5(6)9/h3-4H2,1-2H3. The van der Waals surface area contributed by atoms with Crippen molar-refractivity contribution in [3.8, 4) is 0 Å². The zero-order chi connectivity index (χ0) is 7.07. The summed E-state index contributed by atoms with van der Waals surface area (Å²) >= 11 is 2.07. The van der Waals surface area contributed by atoms with Crippen LogP contribution in [0.1, 0.15) is 20.3 Å². The molecule has 1 saturated heterocycles. The maximum Gasteiger partial charge on any atom is 0.236 e. The van der Waals surface area contributed by atoms with E-state index in [1.165, 1.54) is 0 Å². The fourth-order valence-electron chi connectivity index (χ4n) is 0.915. The Kier molecular flexibility index (Phi) is 1.71. The summed E-state index contributed by atoms with van der Waals surface area (Å²) in [5.74, 6) is 0.267. The summed E-state index contributed by atoms with van der Waals surface area (Å²) in [5, 5.41) is 0. The molecule has 3 heteroatoms. The summed E-state index contributed by atoms with van der Waals surface area (Å²) in [6, 6.07) is 0. The van der Waals surface area contributed by atoms with Crippen LogP contribution in [0.15, 0.2) is 0 Å². The summed E-state index contributed by atoms with van der Waals surface area (Å²) in [4.78, 5) is 11.1. The summed E-state index contributed by atoms with van der Waals surface area (Å²) in [6.45, 7) is 4.90. The van der Waals surface area contributed by atoms with Gasteiger partial charge < -0.3 is 0 Å². The van der Waals surface area contributed by atoms with Crippen molar-refractivity contribution in [2.45, 2.75) is 20.3 Å². The van der Waals surface area contributed by atoms with Gasteiger partial charge in [0.1, 0.15) is 0 Å². The first-order valence-corrected chi connectivity index (χ1v) is 3.98. The third-order valence-corrected chi connectivity index (χ3v) is 2.65. The van der Waals surface area contributed by atoms with Gasteiger partial charge in [-0.25, -0.2) is 0 Å². The zero-order valence-electron chi connectivity index (χ0n) is 5.65. The van der Waals surface area contributed by atoms with E-state index in [-0.39, 0.29) is 11.3 Å². The Morgan fingerprint density at radius 2 is 2.22 bits per heavy atom. The van der Waals surface area contributed by atoms with Crippen LogP contribution in [0.3, 0.4) is 0 Å². The van der Waals surface area contributed by atoms with Gasteiger partial charge in [0.25, 0.3) is 0 Å². The van der Waals surface area contributed by atoms with Crippen LogP contribution in [0, 0.1) is 5.41 Å². The first-order chi connectivity index (χ1) is 4.04. The number of nitrogens with zero attached hydrogens (tertiary/aromatic N) is 1. The Bertz CT molecular complexity index is 144. The van der Waals surface area contributed by atoms with Crippen LogP contribution < -0.4 is 0 Å². The van der Waals surface area contributed by atoms with Gasteiger partial charge in [-0.15, -0.1) is 0 Å². The predicted molar refractivity (Wildman–Crippen MR) is 44.1 cm³/mol. The summed E-state index contributed by atoms with van der Waals surface area (Å²) < 4.78 is 1.76. The predicted octanol–water partition coefficient (Wildman–Crippen LogP) is 1.59. The fraction of sp³-hybridized carbons (Fsp3) is 0.833. The highest BCUT2D eigenvalue weighted by molar-refractivity contribution is 14.1. The second-order valence-electron chi connectivity index (χ2n) is 3.02. The van der Waals surface area contributed by atoms with Crippen molar-refractivity contribution < 1.29 is 4.79 Å². The van der Waals surface area contributed by atoms with E-state index < -0.39 is 0 Å². The molecular weight excluding hydrogens is 229 g/mol. The topological polar surface area (TPSA) is 20.3 Å². The minimum absolute atomic E-state index is 0.0960. The minimum atomic E-state index is -0.0960. The molecule has 1 aliphatic rings. The van der Waals surface area contributed by atoms with Crippen molar-refractivity contribution >= 4 is 28.8 Å². The Morgan fingerprint density at radius 1 is 1.67 bits per heavy atom. The van der Waals surface area contributed by atoms with Crippen LogP contribution in [-0.4, -0.2) is 15.6 Å². The van der Waals surface area contributed by atoms with Crippen LogP contribution in [0.25, 0.3) is 0 Å². The van der Waals surface area contributed by atoms with E-state index in [4.69, 9.17) is 0 Å². The lowest BCUT2D eigenvalue weighted by atomic mass is 9.92. The second-order valence-corrected chi connectivity index (χ2v) is 4.19. The molecule has 1 amide bonds. The van der Waals surface area contributed by atoms with Crippen molar-refractivity contribution in [1.29, 1.82) is 0 Å². The van der Waals surface area contributed by atoms with Crippen LogP contribution in [0.4, 0.5) is 0 Å². The van der Waals surface area contributed by atoms with Crippen LogP contribution in [0.2, 0.25) is 0 Å². The average molecular weight is 239 g/mol. The molecule has 0 aromatic heterocycles. The van der Waals surface area contributed by atoms with Gasteiger partial charge in [-0.05, 0) is 6.42 Å². The van der Waals surface area contributed by atoms with Gasteiger partial charge in [0.2, 0.25) is 5.91 Å². The van der Waals surface area contributed by atoms with Crippen LogP contribution in [-0.2, 0) is 4.79 Å². The van der Waals surface area contributed by atoms with Crippen molar-refractivity contribution in [1.82, 2.24) is 3.11 Å². The Labute approximate surface area is 69.1 Å². The Hall–Kier alpha value is 0.200. The molecule has 0 aliphatic carbocycles. The van der Waals surface area contributed by atoms with Gasteiger partial charge in [-0.3, -0.25) is 7.91 Å². The molecule has 1 rings (SSSR count). The third kappa shape index (κ3) is 1.20. The van der Waals surface area contributed by atoms with Crippen molar-refractivity contribution in [3.05, 3.63) is 0 Å². The molecule has 0 bridgehead atoms. The molecule has 0 N–H and O–H groups in total. The van der Waals surface area contributed by atoms with Crippen LogP contribution in [0.5, 0.6) is 0 Å². The number of hydrogen-bond acceptors (Lipinski definition) is 1. The van der Waals surface area contributed by atoms with E-state index in [1.807, 2.05) is 13.8 Å². The normalized spacial score (nSPS) is 25.2. The zero-order valence-corrected chi connectivity index (χ0v) is 7.81. The number of carbonyl (C=O) groups excluding carboxylic acids is 1. The van der Waals surface area contributed by atoms with Crippen molar-refractivity contribution in [2.24, 2.45) is 5.41 Å². The van der Waals surface area contributed by atoms with E-state index in [9.17, 15) is 4.79 Å². The molecule has 0 saturated carbocycles. The van der Waals surface area contributed by atoms with Crippen molar-refractivity contribution in [3.63, 3.8) is 0 Å². The Morgan fingerprint density at radius 3 is 2.33 bits per heavy atom. The first-order valence-electron chi connectivity index (χ1n) is 3.02. The summed E-state index contributed by atoms with van der Waals surface area (Å²) in [6.07, 6.45) is 0.995.